The van der Waals surface area contributed by atoms with Gasteiger partial charge >= 0.3 is 5.97 Å². The van der Waals surface area contributed by atoms with Crippen molar-refractivity contribution in [2.45, 2.75) is 57.2 Å². The average Bonchev–Trinajstić information content (AvgIpc) is 3.50. The monoisotopic (exact) mass is 645 g/mol. The zero-order valence-corrected chi connectivity index (χ0v) is 27.2. The van der Waals surface area contributed by atoms with Gasteiger partial charge in [-0.2, -0.15) is 0 Å². The smallest absolute Gasteiger partial charge is 0.303 e. The largest absolute Gasteiger partial charge is 0.494 e. The van der Waals surface area contributed by atoms with E-state index in [-0.39, 0.29) is 36.6 Å². The van der Waals surface area contributed by atoms with Crippen molar-refractivity contribution in [1.82, 2.24) is 19.0 Å². The number of carboxylic acid groups (broad SMARTS) is 1. The lowest BCUT2D eigenvalue weighted by molar-refractivity contribution is -0.136. The van der Waals surface area contributed by atoms with Crippen molar-refractivity contribution in [3.63, 3.8) is 0 Å². The van der Waals surface area contributed by atoms with E-state index < -0.39 is 5.97 Å². The highest BCUT2D eigenvalue weighted by molar-refractivity contribution is 6.01. The van der Waals surface area contributed by atoms with Crippen LogP contribution >= 0.6 is 0 Å². The molecule has 8 rings (SSSR count). The van der Waals surface area contributed by atoms with Crippen LogP contribution in [0.3, 0.4) is 0 Å². The Morgan fingerprint density at radius 2 is 1.71 bits per heavy atom. The molecule has 3 N–H and O–H groups in total. The first-order valence-electron chi connectivity index (χ1n) is 16.8. The normalized spacial score (nSPS) is 20.2. The van der Waals surface area contributed by atoms with E-state index in [4.69, 9.17) is 20.6 Å². The highest BCUT2D eigenvalue weighted by Gasteiger charge is 2.47. The molecular formula is C38H39N5O5. The van der Waals surface area contributed by atoms with Crippen molar-refractivity contribution in [1.29, 1.82) is 0 Å². The first-order valence-corrected chi connectivity index (χ1v) is 16.8. The number of hydrogen-bond acceptors (Lipinski definition) is 6. The van der Waals surface area contributed by atoms with Gasteiger partial charge in [0.05, 0.1) is 24.7 Å². The van der Waals surface area contributed by atoms with Gasteiger partial charge in [-0.1, -0.05) is 36.4 Å². The highest BCUT2D eigenvalue weighted by Crippen LogP contribution is 2.41. The maximum absolute atomic E-state index is 13.7. The summed E-state index contributed by atoms with van der Waals surface area (Å²) in [6.45, 7) is 1.58. The molecule has 1 saturated heterocycles. The third-order valence-electron chi connectivity index (χ3n) is 10.7. The molecule has 1 aliphatic heterocycles. The lowest BCUT2D eigenvalue weighted by Gasteiger charge is -2.27. The van der Waals surface area contributed by atoms with Crippen LogP contribution in [0.1, 0.15) is 59.2 Å². The number of amides is 1. The van der Waals surface area contributed by atoms with Crippen LogP contribution in [-0.4, -0.2) is 67.5 Å². The standard InChI is InChI=1S/C38H39N5O5/c1-41-36-28(15-27(18-33(36)48-2)38(47)43-20-26-11-12-29(43)35(26)39)40-37(41)31-17-25-10-9-24(16-30(25)42(31)19-21-3-4-21)22-5-7-23(8-6-22)32(44)13-14-34(45)46/h5-10,15-18,21,26,29,35H,3-4,11-14,19-20,39H2,1-2H3,(H,45,46)/t26?,29?,35-/m1/s1. The number of rotatable bonds is 10. The Morgan fingerprint density at radius 1 is 0.938 bits per heavy atom. The van der Waals surface area contributed by atoms with Crippen molar-refractivity contribution in [2.75, 3.05) is 13.7 Å². The van der Waals surface area contributed by atoms with Gasteiger partial charge in [0.1, 0.15) is 11.3 Å². The van der Waals surface area contributed by atoms with Gasteiger partial charge in [0.25, 0.3) is 5.91 Å². The predicted molar refractivity (Wildman–Crippen MR) is 183 cm³/mol. The van der Waals surface area contributed by atoms with Crippen molar-refractivity contribution in [2.24, 2.45) is 24.6 Å². The minimum atomic E-state index is -0.978. The zero-order valence-electron chi connectivity index (χ0n) is 27.2. The van der Waals surface area contributed by atoms with Gasteiger partial charge in [0, 0.05) is 60.7 Å². The van der Waals surface area contributed by atoms with Crippen LogP contribution in [0, 0.1) is 11.8 Å². The van der Waals surface area contributed by atoms with Crippen LogP contribution < -0.4 is 10.5 Å². The van der Waals surface area contributed by atoms with E-state index >= 15 is 0 Å². The molecule has 0 radical (unpaired) electrons. The number of ether oxygens (including phenoxy) is 1. The van der Waals surface area contributed by atoms with E-state index in [0.29, 0.717) is 40.8 Å². The number of carboxylic acids is 1. The molecule has 2 saturated carbocycles. The van der Waals surface area contributed by atoms with E-state index in [9.17, 15) is 14.4 Å². The Labute approximate surface area is 278 Å². The Morgan fingerprint density at radius 3 is 2.38 bits per heavy atom. The molecule has 10 heteroatoms. The number of hydrogen-bond donors (Lipinski definition) is 2. The third kappa shape index (κ3) is 5.15. The Hall–Kier alpha value is -4.96. The number of imidazole rings is 1. The number of likely N-dealkylation sites (tertiary alicyclic amines) is 1. The van der Waals surface area contributed by atoms with Crippen LogP contribution in [0.5, 0.6) is 5.75 Å². The zero-order chi connectivity index (χ0) is 33.3. The third-order valence-corrected chi connectivity index (χ3v) is 10.7. The maximum Gasteiger partial charge on any atom is 0.303 e. The van der Waals surface area contributed by atoms with E-state index in [1.165, 1.54) is 12.8 Å². The van der Waals surface area contributed by atoms with Crippen LogP contribution in [0.25, 0.3) is 44.6 Å². The number of nitrogens with zero attached hydrogens (tertiary/aromatic N) is 4. The van der Waals surface area contributed by atoms with Gasteiger partial charge in [0.2, 0.25) is 0 Å². The van der Waals surface area contributed by atoms with E-state index in [0.717, 1.165) is 58.5 Å². The molecule has 2 aliphatic carbocycles. The SMILES string of the molecule is COc1cc(C(=O)N2CC3CCC2[C@@H]3N)cc2nc(-c3cc4ccc(-c5ccc(C(=O)CCC(=O)O)cc5)cc4n3CC3CC3)n(C)c12. The van der Waals surface area contributed by atoms with Crippen LogP contribution in [-0.2, 0) is 18.4 Å². The van der Waals surface area contributed by atoms with Gasteiger partial charge < -0.3 is 29.6 Å². The molecule has 3 heterocycles. The fourth-order valence-corrected chi connectivity index (χ4v) is 7.85. The number of fused-ring (bicyclic) bond motifs is 4. The summed E-state index contributed by atoms with van der Waals surface area (Å²) >= 11 is 0. The summed E-state index contributed by atoms with van der Waals surface area (Å²) in [7, 11) is 3.63. The van der Waals surface area contributed by atoms with Gasteiger partial charge in [-0.25, -0.2) is 4.98 Å². The number of methoxy groups -OCH3 is 1. The second-order valence-electron chi connectivity index (χ2n) is 13.7. The molecule has 246 valence electrons. The molecule has 3 aromatic carbocycles. The van der Waals surface area contributed by atoms with E-state index in [1.807, 2.05) is 36.2 Å². The number of aryl methyl sites for hydroxylation is 1. The first-order chi connectivity index (χ1) is 23.2. The summed E-state index contributed by atoms with van der Waals surface area (Å²) < 4.78 is 10.3. The highest BCUT2D eigenvalue weighted by atomic mass is 16.5. The first kappa shape index (κ1) is 30.4. The van der Waals surface area contributed by atoms with Crippen molar-refractivity contribution >= 4 is 39.6 Å². The lowest BCUT2D eigenvalue weighted by Crippen LogP contribution is -2.41. The van der Waals surface area contributed by atoms with Crippen molar-refractivity contribution in [3.05, 3.63) is 71.8 Å². The second-order valence-corrected chi connectivity index (χ2v) is 13.7. The number of aromatic nitrogens is 3. The molecule has 3 fully saturated rings. The Bertz CT molecular complexity index is 2110. The average molecular weight is 646 g/mol. The number of carbonyl (C=O) groups excluding carboxylic acids is 2. The molecule has 2 aromatic heterocycles. The topological polar surface area (TPSA) is 133 Å². The second kappa shape index (κ2) is 11.6. The van der Waals surface area contributed by atoms with E-state index in [1.54, 1.807) is 19.2 Å². The number of aliphatic carboxylic acids is 1. The minimum Gasteiger partial charge on any atom is -0.494 e. The number of Topliss-reactive ketones (excluding diaryl/α,β-unsaturated/α-hetero) is 1. The summed E-state index contributed by atoms with van der Waals surface area (Å²) in [5.41, 5.74) is 13.2. The molecule has 1 amide bonds. The molecule has 10 nitrogen and oxygen atoms in total. The fraction of sp³-hybridized carbons (Fsp3) is 0.368. The quantitative estimate of drug-likeness (QED) is 0.181. The van der Waals surface area contributed by atoms with Crippen LogP contribution in [0.15, 0.2) is 60.7 Å². The van der Waals surface area contributed by atoms with Crippen molar-refractivity contribution in [3.8, 4) is 28.4 Å². The molecule has 3 atom stereocenters. The number of ketones is 1. The summed E-state index contributed by atoms with van der Waals surface area (Å²) in [5, 5.41) is 10.0. The number of piperidine rings is 1. The molecule has 2 bridgehead atoms. The van der Waals surface area contributed by atoms with Crippen LogP contribution in [0.2, 0.25) is 0 Å². The number of carbonyl (C=O) groups is 3. The van der Waals surface area contributed by atoms with Gasteiger partial charge in [-0.15, -0.1) is 0 Å². The lowest BCUT2D eigenvalue weighted by atomic mass is 10.00. The summed E-state index contributed by atoms with van der Waals surface area (Å²) in [6.07, 6.45) is 4.24. The summed E-state index contributed by atoms with van der Waals surface area (Å²) in [6, 6.07) is 19.8. The maximum atomic E-state index is 13.7. The van der Waals surface area contributed by atoms with E-state index in [2.05, 4.69) is 33.4 Å². The molecule has 0 spiro atoms. The Kier molecular flexibility index (Phi) is 7.36. The van der Waals surface area contributed by atoms with Gasteiger partial charge in [0.15, 0.2) is 11.6 Å². The van der Waals surface area contributed by atoms with Gasteiger partial charge in [-0.05, 0) is 72.9 Å². The summed E-state index contributed by atoms with van der Waals surface area (Å²) in [4.78, 5) is 44.2. The van der Waals surface area contributed by atoms with Crippen molar-refractivity contribution < 1.29 is 24.2 Å². The predicted octanol–water partition coefficient (Wildman–Crippen LogP) is 5.89. The van der Waals surface area contributed by atoms with Crippen LogP contribution in [0.4, 0.5) is 0 Å². The number of benzene rings is 3. The minimum absolute atomic E-state index is 0.0157. The molecule has 2 unspecified atom stereocenters. The van der Waals surface area contributed by atoms with Gasteiger partial charge in [-0.3, -0.25) is 14.4 Å². The summed E-state index contributed by atoms with van der Waals surface area (Å²) in [5.74, 6) is 1.23. The molecule has 48 heavy (non-hydrogen) atoms. The number of nitrogens with two attached hydrogens (primary N) is 1. The Balaban J connectivity index is 1.16. The molecule has 5 aromatic rings. The molecule has 3 aliphatic rings. The molecular weight excluding hydrogens is 606 g/mol. The fourth-order valence-electron chi connectivity index (χ4n) is 7.85.